The van der Waals surface area contributed by atoms with E-state index in [-0.39, 0.29) is 23.4 Å². The number of methoxy groups -OCH3 is 1. The molecule has 4 aromatic rings. The maximum Gasteiger partial charge on any atom is 0.339 e. The molecule has 0 spiro atoms. The molecule has 3 aliphatic rings. The number of fused-ring (bicyclic) bond motifs is 8. The van der Waals surface area contributed by atoms with E-state index >= 15 is 0 Å². The highest BCUT2D eigenvalue weighted by Crippen LogP contribution is 2.43. The average Bonchev–Trinajstić information content (AvgIpc) is 3.51. The molecule has 2 aromatic heterocycles. The molecule has 3 aliphatic heterocycles. The van der Waals surface area contributed by atoms with Crippen molar-refractivity contribution in [3.05, 3.63) is 71.2 Å². The second-order valence-corrected chi connectivity index (χ2v) is 15.8. The molecule has 0 amide bonds. The molecule has 5 heterocycles. The minimum Gasteiger partial charge on any atom is -0.490 e. The Balaban J connectivity index is 1.61. The van der Waals surface area contributed by atoms with Gasteiger partial charge in [-0.1, -0.05) is 32.0 Å². The van der Waals surface area contributed by atoms with Crippen LogP contribution in [0.3, 0.4) is 0 Å². The first-order valence-electron chi connectivity index (χ1n) is 18.4. The third-order valence-corrected chi connectivity index (χ3v) is 10.3. The standard InChI is InChI=1S/C42H54FN3O5/c1-26(2)35-28(4)36(37(40(47)48-9)51-41(5,6)7)39-45-20-18-42(8,19-21-45)49-22-11-10-13-27(3)50-34-17-16-31(43)24-32(34)29-14-12-15-30(23-29)33-25-46(39)38(35)44-33/h12,14-17,23-27,37H,10-11,13,18-22H2,1-9H3/t27-,37-/m0/s1. The van der Waals surface area contributed by atoms with Crippen molar-refractivity contribution in [3.8, 4) is 28.1 Å². The number of rotatable bonds is 4. The van der Waals surface area contributed by atoms with E-state index in [0.29, 0.717) is 17.9 Å². The monoisotopic (exact) mass is 699 g/mol. The first-order valence-corrected chi connectivity index (χ1v) is 18.4. The lowest BCUT2D eigenvalue weighted by molar-refractivity contribution is -0.164. The van der Waals surface area contributed by atoms with Crippen LogP contribution in [-0.2, 0) is 19.0 Å². The van der Waals surface area contributed by atoms with Crippen molar-refractivity contribution in [2.24, 2.45) is 0 Å². The topological polar surface area (TPSA) is 74.5 Å². The van der Waals surface area contributed by atoms with Gasteiger partial charge in [0.2, 0.25) is 0 Å². The Bertz CT molecular complexity index is 1890. The summed E-state index contributed by atoms with van der Waals surface area (Å²) in [6, 6.07) is 12.8. The summed E-state index contributed by atoms with van der Waals surface area (Å²) in [6.45, 7) is 18.7. The van der Waals surface area contributed by atoms with E-state index in [4.69, 9.17) is 23.9 Å². The molecule has 2 atom stereocenters. The molecule has 7 rings (SSSR count). The normalized spacial score (nSPS) is 20.7. The lowest BCUT2D eigenvalue weighted by atomic mass is 9.90. The van der Waals surface area contributed by atoms with Gasteiger partial charge in [0.1, 0.15) is 23.0 Å². The number of ether oxygens (including phenoxy) is 4. The third-order valence-electron chi connectivity index (χ3n) is 10.3. The summed E-state index contributed by atoms with van der Waals surface area (Å²) < 4.78 is 41.9. The number of hydrogen-bond acceptors (Lipinski definition) is 7. The molecular formula is C42H54FN3O5. The average molecular weight is 700 g/mol. The Morgan fingerprint density at radius 2 is 1.78 bits per heavy atom. The molecule has 274 valence electrons. The number of nitrogens with zero attached hydrogens (tertiary/aromatic N) is 3. The molecule has 6 bridgehead atoms. The van der Waals surface area contributed by atoms with Gasteiger partial charge in [-0.05, 0) is 115 Å². The van der Waals surface area contributed by atoms with Crippen LogP contribution in [0.4, 0.5) is 10.2 Å². The number of esters is 1. The van der Waals surface area contributed by atoms with Crippen molar-refractivity contribution < 1.29 is 28.1 Å². The molecular weight excluding hydrogens is 645 g/mol. The maximum absolute atomic E-state index is 14.8. The zero-order valence-corrected chi connectivity index (χ0v) is 31.8. The fourth-order valence-corrected chi connectivity index (χ4v) is 7.63. The first-order chi connectivity index (χ1) is 24.2. The molecule has 51 heavy (non-hydrogen) atoms. The van der Waals surface area contributed by atoms with Crippen LogP contribution < -0.4 is 9.64 Å². The second-order valence-electron chi connectivity index (χ2n) is 15.8. The Labute approximate surface area is 302 Å². The number of carbonyl (C=O) groups is 1. The van der Waals surface area contributed by atoms with Gasteiger partial charge < -0.3 is 23.8 Å². The van der Waals surface area contributed by atoms with Gasteiger partial charge in [0.15, 0.2) is 6.10 Å². The SMILES string of the molecule is COC(=O)[C@@H](OC(C)(C)C)c1c(C)c(C(C)C)c2nc3cn2c1N1CCC(C)(CC1)OCCCC[C@H](C)Oc1ccc(F)cc1-c1cccc-3c1. The largest absolute Gasteiger partial charge is 0.490 e. The van der Waals surface area contributed by atoms with Crippen LogP contribution in [0.1, 0.15) is 109 Å². The van der Waals surface area contributed by atoms with Crippen molar-refractivity contribution >= 4 is 17.4 Å². The summed E-state index contributed by atoms with van der Waals surface area (Å²) in [5.41, 5.74) is 5.96. The second kappa shape index (κ2) is 14.6. The first kappa shape index (κ1) is 36.8. The summed E-state index contributed by atoms with van der Waals surface area (Å²) in [7, 11) is 1.42. The summed E-state index contributed by atoms with van der Waals surface area (Å²) >= 11 is 0. The molecule has 0 unspecified atom stereocenters. The van der Waals surface area contributed by atoms with Gasteiger partial charge in [0.05, 0.1) is 30.1 Å². The summed E-state index contributed by atoms with van der Waals surface area (Å²) in [5, 5.41) is 0. The fourth-order valence-electron chi connectivity index (χ4n) is 7.63. The van der Waals surface area contributed by atoms with Crippen LogP contribution in [-0.4, -0.2) is 59.5 Å². The van der Waals surface area contributed by atoms with Gasteiger partial charge in [-0.2, -0.15) is 0 Å². The molecule has 0 radical (unpaired) electrons. The third kappa shape index (κ3) is 7.80. The van der Waals surface area contributed by atoms with E-state index in [1.54, 1.807) is 12.1 Å². The number of pyridine rings is 1. The highest BCUT2D eigenvalue weighted by molar-refractivity contribution is 5.83. The molecule has 2 aromatic carbocycles. The van der Waals surface area contributed by atoms with E-state index in [0.717, 1.165) is 90.2 Å². The Kier molecular flexibility index (Phi) is 10.5. The molecule has 9 heteroatoms. The number of halogens is 1. The number of benzene rings is 2. The molecule has 1 fully saturated rings. The minimum absolute atomic E-state index is 0.0401. The Hall–Kier alpha value is -3.95. The van der Waals surface area contributed by atoms with Gasteiger partial charge >= 0.3 is 5.97 Å². The quantitative estimate of drug-likeness (QED) is 0.197. The van der Waals surface area contributed by atoms with E-state index in [2.05, 4.69) is 56.2 Å². The number of hydrogen-bond donors (Lipinski definition) is 0. The van der Waals surface area contributed by atoms with E-state index in [1.165, 1.54) is 13.2 Å². The Morgan fingerprint density at radius 1 is 1.06 bits per heavy atom. The van der Waals surface area contributed by atoms with E-state index < -0.39 is 17.7 Å². The maximum atomic E-state index is 14.8. The van der Waals surface area contributed by atoms with Gasteiger partial charge in [-0.3, -0.25) is 4.40 Å². The zero-order valence-electron chi connectivity index (χ0n) is 31.8. The van der Waals surface area contributed by atoms with Crippen LogP contribution in [0, 0.1) is 12.7 Å². The lowest BCUT2D eigenvalue weighted by Crippen LogP contribution is -2.45. The van der Waals surface area contributed by atoms with Crippen LogP contribution in [0.25, 0.3) is 28.0 Å². The van der Waals surface area contributed by atoms with E-state index in [9.17, 15) is 9.18 Å². The highest BCUT2D eigenvalue weighted by atomic mass is 19.1. The molecule has 1 saturated heterocycles. The van der Waals surface area contributed by atoms with Crippen molar-refractivity contribution in [1.29, 1.82) is 0 Å². The molecule has 0 aliphatic carbocycles. The number of imidazole rings is 1. The predicted octanol–water partition coefficient (Wildman–Crippen LogP) is 9.60. The molecule has 0 N–H and O–H groups in total. The van der Waals surface area contributed by atoms with Gasteiger partial charge in [-0.25, -0.2) is 14.2 Å². The van der Waals surface area contributed by atoms with Crippen LogP contribution in [0.5, 0.6) is 5.75 Å². The molecule has 8 nitrogen and oxygen atoms in total. The Morgan fingerprint density at radius 3 is 2.47 bits per heavy atom. The highest BCUT2D eigenvalue weighted by Gasteiger charge is 2.39. The smallest absolute Gasteiger partial charge is 0.339 e. The van der Waals surface area contributed by atoms with Gasteiger partial charge in [0, 0.05) is 48.1 Å². The number of carbonyl (C=O) groups excluding carboxylic acids is 1. The summed E-state index contributed by atoms with van der Waals surface area (Å²) in [4.78, 5) is 21.4. The van der Waals surface area contributed by atoms with Gasteiger partial charge in [0.25, 0.3) is 0 Å². The summed E-state index contributed by atoms with van der Waals surface area (Å²) in [6.07, 6.45) is 5.49. The lowest BCUT2D eigenvalue weighted by Gasteiger charge is -2.42. The minimum atomic E-state index is -0.954. The summed E-state index contributed by atoms with van der Waals surface area (Å²) in [5.74, 6) is 0.866. The van der Waals surface area contributed by atoms with Crippen molar-refractivity contribution in [2.45, 2.75) is 117 Å². The number of aromatic nitrogens is 2. The fraction of sp³-hybridized carbons (Fsp3) is 0.524. The van der Waals surface area contributed by atoms with Gasteiger partial charge in [-0.15, -0.1) is 0 Å². The van der Waals surface area contributed by atoms with E-state index in [1.807, 2.05) is 39.0 Å². The van der Waals surface area contributed by atoms with Crippen LogP contribution >= 0.6 is 0 Å². The predicted molar refractivity (Wildman–Crippen MR) is 200 cm³/mol. The van der Waals surface area contributed by atoms with Crippen molar-refractivity contribution in [1.82, 2.24) is 9.38 Å². The van der Waals surface area contributed by atoms with Crippen LogP contribution in [0.15, 0.2) is 48.7 Å². The number of anilines is 1. The van der Waals surface area contributed by atoms with Crippen molar-refractivity contribution in [2.75, 3.05) is 31.7 Å². The number of piperidine rings is 1. The zero-order chi connectivity index (χ0) is 36.7. The van der Waals surface area contributed by atoms with Crippen LogP contribution in [0.2, 0.25) is 0 Å². The van der Waals surface area contributed by atoms with Crippen molar-refractivity contribution in [3.63, 3.8) is 0 Å². The molecule has 0 saturated carbocycles.